The van der Waals surface area contributed by atoms with Gasteiger partial charge in [-0.2, -0.15) is 0 Å². The fraction of sp³-hybridized carbons (Fsp3) is 0.429. The fourth-order valence-corrected chi connectivity index (χ4v) is 4.59. The van der Waals surface area contributed by atoms with Crippen molar-refractivity contribution in [2.45, 2.75) is 30.7 Å². The smallest absolute Gasteiger partial charge is 0.335 e. The molecule has 1 amide bonds. The second-order valence-corrected chi connectivity index (χ2v) is 7.61. The van der Waals surface area contributed by atoms with Gasteiger partial charge in [0.25, 0.3) is 0 Å². The Bertz CT molecular complexity index is 624. The minimum Gasteiger partial charge on any atom is -0.423 e. The number of carbonyl (C=O) groups is 2. The Morgan fingerprint density at radius 2 is 2.24 bits per heavy atom. The zero-order valence-electron chi connectivity index (χ0n) is 11.3. The van der Waals surface area contributed by atoms with E-state index < -0.39 is 12.0 Å². The van der Waals surface area contributed by atoms with Gasteiger partial charge in [-0.25, -0.2) is 4.79 Å². The van der Waals surface area contributed by atoms with Crippen molar-refractivity contribution in [1.29, 1.82) is 0 Å². The molecule has 0 aliphatic carbocycles. The van der Waals surface area contributed by atoms with Gasteiger partial charge in [-0.1, -0.05) is 23.2 Å². The number of amides is 1. The summed E-state index contributed by atoms with van der Waals surface area (Å²) in [5.74, 6) is 0.361. The molecule has 112 valence electrons. The first-order chi connectivity index (χ1) is 9.90. The molecule has 0 N–H and O–H groups in total. The maximum Gasteiger partial charge on any atom is 0.335 e. The van der Waals surface area contributed by atoms with Crippen LogP contribution in [0.1, 0.15) is 19.8 Å². The van der Waals surface area contributed by atoms with Crippen molar-refractivity contribution < 1.29 is 14.3 Å². The van der Waals surface area contributed by atoms with Crippen molar-refractivity contribution in [1.82, 2.24) is 4.90 Å². The van der Waals surface area contributed by atoms with Crippen molar-refractivity contribution in [3.8, 4) is 5.75 Å². The van der Waals surface area contributed by atoms with Gasteiger partial charge in [-0.05, 0) is 31.5 Å². The minimum absolute atomic E-state index is 0.00616. The number of hydrogen-bond acceptors (Lipinski definition) is 4. The van der Waals surface area contributed by atoms with Crippen LogP contribution in [0.25, 0.3) is 0 Å². The van der Waals surface area contributed by atoms with Crippen LogP contribution >= 0.6 is 35.0 Å². The first kappa shape index (κ1) is 15.0. The summed E-state index contributed by atoms with van der Waals surface area (Å²) >= 11 is 13.4. The highest BCUT2D eigenvalue weighted by Crippen LogP contribution is 2.47. The van der Waals surface area contributed by atoms with Crippen molar-refractivity contribution in [3.05, 3.63) is 28.2 Å². The molecule has 0 aromatic heterocycles. The Labute approximate surface area is 136 Å². The summed E-state index contributed by atoms with van der Waals surface area (Å²) in [7, 11) is 0. The number of nitrogens with zero attached hydrogens (tertiary/aromatic N) is 1. The highest BCUT2D eigenvalue weighted by molar-refractivity contribution is 8.01. The molecule has 0 unspecified atom stereocenters. The summed E-state index contributed by atoms with van der Waals surface area (Å²) < 4.78 is 5.35. The van der Waals surface area contributed by atoms with E-state index in [0.29, 0.717) is 17.2 Å². The van der Waals surface area contributed by atoms with Crippen LogP contribution in [0.3, 0.4) is 0 Å². The van der Waals surface area contributed by atoms with Crippen LogP contribution in [0.2, 0.25) is 10.0 Å². The lowest BCUT2D eigenvalue weighted by Crippen LogP contribution is -2.47. The lowest BCUT2D eigenvalue weighted by molar-refractivity contribution is -0.146. The Morgan fingerprint density at radius 1 is 1.48 bits per heavy atom. The molecule has 1 aromatic carbocycles. The largest absolute Gasteiger partial charge is 0.423 e. The van der Waals surface area contributed by atoms with E-state index in [9.17, 15) is 9.59 Å². The standard InChI is InChI=1S/C14H13Cl2NO3S/c1-14-5-4-12(18)17(14)10(7-21-14)13(19)20-11-3-2-8(15)6-9(11)16/h2-3,6,10H,4-5,7H2,1H3/t10-,14+/m1/s1. The molecule has 0 bridgehead atoms. The van der Waals surface area contributed by atoms with Gasteiger partial charge >= 0.3 is 5.97 Å². The van der Waals surface area contributed by atoms with Gasteiger partial charge in [0.1, 0.15) is 11.8 Å². The topological polar surface area (TPSA) is 46.6 Å². The van der Waals surface area contributed by atoms with Crippen LogP contribution in [0.4, 0.5) is 0 Å². The molecule has 1 aromatic rings. The minimum atomic E-state index is -0.554. The van der Waals surface area contributed by atoms with Crippen LogP contribution in [0.15, 0.2) is 18.2 Å². The van der Waals surface area contributed by atoms with E-state index in [1.165, 1.54) is 6.07 Å². The Balaban J connectivity index is 1.78. The van der Waals surface area contributed by atoms with Crippen molar-refractivity contribution >= 4 is 46.8 Å². The summed E-state index contributed by atoms with van der Waals surface area (Å²) in [6, 6.07) is 4.11. The number of rotatable bonds is 2. The zero-order valence-corrected chi connectivity index (χ0v) is 13.6. The molecule has 2 fully saturated rings. The quantitative estimate of drug-likeness (QED) is 0.609. The van der Waals surface area contributed by atoms with Crippen molar-refractivity contribution in [3.63, 3.8) is 0 Å². The number of thioether (sulfide) groups is 1. The van der Waals surface area contributed by atoms with Gasteiger partial charge in [0, 0.05) is 17.2 Å². The molecule has 2 aliphatic heterocycles. The Morgan fingerprint density at radius 3 is 2.95 bits per heavy atom. The SMILES string of the molecule is C[C@]12CCC(=O)N1[C@@H](C(=O)Oc1ccc(Cl)cc1Cl)CS2. The van der Waals surface area contributed by atoms with Gasteiger partial charge in [0.2, 0.25) is 5.91 Å². The number of esters is 1. The van der Waals surface area contributed by atoms with E-state index in [1.54, 1.807) is 28.8 Å². The number of halogens is 2. The third-order valence-corrected chi connectivity index (χ3v) is 5.86. The Hall–Kier alpha value is -0.910. The number of ether oxygens (including phenoxy) is 1. The second kappa shape index (κ2) is 5.38. The van der Waals surface area contributed by atoms with Gasteiger partial charge in [0.15, 0.2) is 0 Å². The third-order valence-electron chi connectivity index (χ3n) is 3.82. The third kappa shape index (κ3) is 2.62. The highest BCUT2D eigenvalue weighted by atomic mass is 35.5. The summed E-state index contributed by atoms with van der Waals surface area (Å²) in [5, 5.41) is 0.746. The van der Waals surface area contributed by atoms with E-state index in [2.05, 4.69) is 0 Å². The summed E-state index contributed by atoms with van der Waals surface area (Å²) in [6.07, 6.45) is 1.25. The molecule has 2 aliphatic rings. The molecule has 2 saturated heterocycles. The van der Waals surface area contributed by atoms with E-state index in [0.717, 1.165) is 6.42 Å². The molecule has 2 atom stereocenters. The molecule has 7 heteroatoms. The van der Waals surface area contributed by atoms with E-state index >= 15 is 0 Å². The van der Waals surface area contributed by atoms with Crippen molar-refractivity contribution in [2.75, 3.05) is 5.75 Å². The molecule has 2 heterocycles. The van der Waals surface area contributed by atoms with E-state index in [-0.39, 0.29) is 21.6 Å². The average Bonchev–Trinajstić information content (AvgIpc) is 2.90. The Kier molecular flexibility index (Phi) is 3.84. The maximum absolute atomic E-state index is 12.4. The summed E-state index contributed by atoms with van der Waals surface area (Å²) in [5.41, 5.74) is 0. The predicted molar refractivity (Wildman–Crippen MR) is 82.8 cm³/mol. The maximum atomic E-state index is 12.4. The molecule has 0 radical (unpaired) electrons. The van der Waals surface area contributed by atoms with Gasteiger partial charge in [-0.15, -0.1) is 11.8 Å². The molecule has 21 heavy (non-hydrogen) atoms. The number of hydrogen-bond donors (Lipinski definition) is 0. The fourth-order valence-electron chi connectivity index (χ4n) is 2.73. The first-order valence-electron chi connectivity index (χ1n) is 6.53. The lowest BCUT2D eigenvalue weighted by atomic mass is 10.2. The number of fused-ring (bicyclic) bond motifs is 1. The summed E-state index contributed by atoms with van der Waals surface area (Å²) in [6.45, 7) is 1.99. The molecular weight excluding hydrogens is 333 g/mol. The molecule has 0 spiro atoms. The van der Waals surface area contributed by atoms with E-state index in [4.69, 9.17) is 27.9 Å². The molecule has 3 rings (SSSR count). The zero-order chi connectivity index (χ0) is 15.2. The van der Waals surface area contributed by atoms with Crippen LogP contribution in [-0.2, 0) is 9.59 Å². The second-order valence-electron chi connectivity index (χ2n) is 5.26. The highest BCUT2D eigenvalue weighted by Gasteiger charge is 2.53. The van der Waals surface area contributed by atoms with Crippen molar-refractivity contribution in [2.24, 2.45) is 0 Å². The molecule has 4 nitrogen and oxygen atoms in total. The van der Waals surface area contributed by atoms with Crippen LogP contribution < -0.4 is 4.74 Å². The van der Waals surface area contributed by atoms with Crippen LogP contribution in [0.5, 0.6) is 5.75 Å². The van der Waals surface area contributed by atoms with E-state index in [1.807, 2.05) is 6.92 Å². The van der Waals surface area contributed by atoms with Crippen LogP contribution in [-0.4, -0.2) is 33.4 Å². The van der Waals surface area contributed by atoms with Gasteiger partial charge in [-0.3, -0.25) is 4.79 Å². The molecular formula is C14H13Cl2NO3S. The van der Waals surface area contributed by atoms with Crippen LogP contribution in [0, 0.1) is 0 Å². The summed E-state index contributed by atoms with van der Waals surface area (Å²) in [4.78, 5) is 25.7. The van der Waals surface area contributed by atoms with Gasteiger partial charge < -0.3 is 9.64 Å². The first-order valence-corrected chi connectivity index (χ1v) is 8.28. The lowest BCUT2D eigenvalue weighted by Gasteiger charge is -2.29. The number of carbonyl (C=O) groups excluding carboxylic acids is 2. The average molecular weight is 346 g/mol. The normalized spacial score (nSPS) is 27.9. The van der Waals surface area contributed by atoms with Gasteiger partial charge in [0.05, 0.1) is 9.89 Å². The number of benzene rings is 1. The molecule has 0 saturated carbocycles. The predicted octanol–water partition coefficient (Wildman–Crippen LogP) is 3.35. The monoisotopic (exact) mass is 345 g/mol.